The van der Waals surface area contributed by atoms with E-state index in [1.165, 1.54) is 6.34 Å². The van der Waals surface area contributed by atoms with Crippen LogP contribution in [0.5, 0.6) is 11.5 Å². The minimum atomic E-state index is 0.694. The van der Waals surface area contributed by atoms with Crippen molar-refractivity contribution in [3.05, 3.63) is 59.7 Å². The van der Waals surface area contributed by atoms with E-state index in [-0.39, 0.29) is 0 Å². The van der Waals surface area contributed by atoms with Crippen molar-refractivity contribution >= 4 is 6.34 Å². The van der Waals surface area contributed by atoms with Crippen LogP contribution in [-0.2, 0) is 13.1 Å². The third-order valence-electron chi connectivity index (χ3n) is 3.27. The normalized spacial score (nSPS) is 10.0. The van der Waals surface area contributed by atoms with Gasteiger partial charge in [0, 0.05) is 13.1 Å². The van der Waals surface area contributed by atoms with E-state index in [4.69, 9.17) is 14.9 Å². The quantitative estimate of drug-likeness (QED) is 0.626. The number of nitrogens with zero attached hydrogens (tertiary/aromatic N) is 1. The number of methoxy groups -OCH3 is 2. The van der Waals surface area contributed by atoms with Gasteiger partial charge in [-0.25, -0.2) is 0 Å². The van der Waals surface area contributed by atoms with Gasteiger partial charge in [-0.2, -0.15) is 0 Å². The molecule has 21 heavy (non-hydrogen) atoms. The van der Waals surface area contributed by atoms with E-state index >= 15 is 0 Å². The van der Waals surface area contributed by atoms with E-state index in [9.17, 15) is 0 Å². The summed E-state index contributed by atoms with van der Waals surface area (Å²) >= 11 is 0. The first-order valence-corrected chi connectivity index (χ1v) is 6.75. The van der Waals surface area contributed by atoms with Gasteiger partial charge in [0.2, 0.25) is 0 Å². The lowest BCUT2D eigenvalue weighted by atomic mass is 10.1. The predicted octanol–water partition coefficient (Wildman–Crippen LogP) is 3.31. The van der Waals surface area contributed by atoms with Gasteiger partial charge in [-0.1, -0.05) is 24.3 Å². The molecule has 0 aliphatic heterocycles. The molecule has 110 valence electrons. The Balaban J connectivity index is 1.99. The lowest BCUT2D eigenvalue weighted by Crippen LogP contribution is -2.20. The SMILES string of the molecule is COc1ccc(CN(C=N)Cc2ccc(OC)cc2)cc1. The van der Waals surface area contributed by atoms with E-state index in [1.54, 1.807) is 14.2 Å². The maximum absolute atomic E-state index is 7.57. The Morgan fingerprint density at radius 2 is 1.19 bits per heavy atom. The molecule has 0 spiro atoms. The van der Waals surface area contributed by atoms with Crippen LogP contribution in [0.1, 0.15) is 11.1 Å². The van der Waals surface area contributed by atoms with Crippen molar-refractivity contribution in [1.82, 2.24) is 4.90 Å². The number of ether oxygens (including phenoxy) is 2. The van der Waals surface area contributed by atoms with Crippen LogP contribution in [0, 0.1) is 5.41 Å². The largest absolute Gasteiger partial charge is 0.497 e. The minimum Gasteiger partial charge on any atom is -0.497 e. The molecule has 0 saturated heterocycles. The summed E-state index contributed by atoms with van der Waals surface area (Å²) in [5.74, 6) is 1.69. The van der Waals surface area contributed by atoms with Crippen molar-refractivity contribution in [2.45, 2.75) is 13.1 Å². The first-order chi connectivity index (χ1) is 10.2. The van der Waals surface area contributed by atoms with Gasteiger partial charge in [0.25, 0.3) is 0 Å². The van der Waals surface area contributed by atoms with Gasteiger partial charge < -0.3 is 14.4 Å². The Labute approximate surface area is 125 Å². The third kappa shape index (κ3) is 4.24. The highest BCUT2D eigenvalue weighted by atomic mass is 16.5. The highest BCUT2D eigenvalue weighted by molar-refractivity contribution is 5.51. The third-order valence-corrected chi connectivity index (χ3v) is 3.27. The van der Waals surface area contributed by atoms with E-state index in [1.807, 2.05) is 53.4 Å². The fraction of sp³-hybridized carbons (Fsp3) is 0.235. The fourth-order valence-corrected chi connectivity index (χ4v) is 2.08. The number of rotatable bonds is 7. The van der Waals surface area contributed by atoms with Gasteiger partial charge in [0.15, 0.2) is 0 Å². The molecule has 2 aromatic rings. The van der Waals surface area contributed by atoms with E-state index in [2.05, 4.69) is 0 Å². The number of benzene rings is 2. The first kappa shape index (κ1) is 14.9. The van der Waals surface area contributed by atoms with Gasteiger partial charge in [-0.15, -0.1) is 0 Å². The average molecular weight is 284 g/mol. The molecule has 0 heterocycles. The summed E-state index contributed by atoms with van der Waals surface area (Å²) < 4.78 is 10.3. The molecular weight excluding hydrogens is 264 g/mol. The van der Waals surface area contributed by atoms with Crippen LogP contribution in [0.3, 0.4) is 0 Å². The maximum atomic E-state index is 7.57. The lowest BCUT2D eigenvalue weighted by molar-refractivity contribution is 0.406. The monoisotopic (exact) mass is 284 g/mol. The zero-order valence-electron chi connectivity index (χ0n) is 12.4. The molecule has 0 aliphatic carbocycles. The second-order valence-corrected chi connectivity index (χ2v) is 4.73. The smallest absolute Gasteiger partial charge is 0.118 e. The zero-order chi connectivity index (χ0) is 15.1. The molecule has 0 saturated carbocycles. The Kier molecular flexibility index (Phi) is 5.21. The highest BCUT2D eigenvalue weighted by Gasteiger charge is 2.04. The molecule has 0 aliphatic rings. The number of hydrogen-bond donors (Lipinski definition) is 1. The van der Waals surface area contributed by atoms with Crippen molar-refractivity contribution in [2.75, 3.05) is 14.2 Å². The molecule has 0 fully saturated rings. The van der Waals surface area contributed by atoms with Gasteiger partial charge in [0.1, 0.15) is 11.5 Å². The second kappa shape index (κ2) is 7.33. The molecule has 4 nitrogen and oxygen atoms in total. The zero-order valence-corrected chi connectivity index (χ0v) is 12.4. The summed E-state index contributed by atoms with van der Waals surface area (Å²) in [5.41, 5.74) is 2.29. The molecular formula is C17H20N2O2. The van der Waals surface area contributed by atoms with Crippen molar-refractivity contribution in [3.8, 4) is 11.5 Å². The van der Waals surface area contributed by atoms with Crippen LogP contribution in [0.15, 0.2) is 48.5 Å². The number of nitrogens with one attached hydrogen (secondary N) is 1. The molecule has 0 amide bonds. The van der Waals surface area contributed by atoms with Gasteiger partial charge in [-0.3, -0.25) is 5.41 Å². The van der Waals surface area contributed by atoms with Crippen LogP contribution in [0.2, 0.25) is 0 Å². The Morgan fingerprint density at radius 1 is 0.810 bits per heavy atom. The Bertz CT molecular complexity index is 515. The van der Waals surface area contributed by atoms with Crippen LogP contribution >= 0.6 is 0 Å². The van der Waals surface area contributed by atoms with E-state index < -0.39 is 0 Å². The van der Waals surface area contributed by atoms with Crippen LogP contribution in [0.25, 0.3) is 0 Å². The fourth-order valence-electron chi connectivity index (χ4n) is 2.08. The van der Waals surface area contributed by atoms with Crippen LogP contribution in [0.4, 0.5) is 0 Å². The summed E-state index contributed by atoms with van der Waals surface area (Å²) in [7, 11) is 3.31. The van der Waals surface area contributed by atoms with Gasteiger partial charge in [-0.05, 0) is 35.4 Å². The molecule has 0 unspecified atom stereocenters. The van der Waals surface area contributed by atoms with Crippen molar-refractivity contribution in [3.63, 3.8) is 0 Å². The lowest BCUT2D eigenvalue weighted by Gasteiger charge is -2.19. The number of hydrogen-bond acceptors (Lipinski definition) is 3. The Hall–Kier alpha value is -2.49. The molecule has 0 atom stereocenters. The first-order valence-electron chi connectivity index (χ1n) is 6.75. The molecule has 2 aromatic carbocycles. The standard InChI is InChI=1S/C17H20N2O2/c1-20-16-7-3-14(4-8-16)11-19(13-18)12-15-5-9-17(21-2)10-6-15/h3-10,13,18H,11-12H2,1-2H3. The van der Waals surface area contributed by atoms with Gasteiger partial charge >= 0.3 is 0 Å². The average Bonchev–Trinajstić information content (AvgIpc) is 2.55. The topological polar surface area (TPSA) is 45.5 Å². The highest BCUT2D eigenvalue weighted by Crippen LogP contribution is 2.15. The summed E-state index contributed by atoms with van der Waals surface area (Å²) in [5, 5.41) is 7.57. The Morgan fingerprint density at radius 3 is 1.48 bits per heavy atom. The summed E-state index contributed by atoms with van der Waals surface area (Å²) in [6.45, 7) is 1.39. The summed E-state index contributed by atoms with van der Waals surface area (Å²) in [6.07, 6.45) is 1.37. The predicted molar refractivity (Wildman–Crippen MR) is 84.0 cm³/mol. The summed E-state index contributed by atoms with van der Waals surface area (Å²) in [4.78, 5) is 1.95. The molecule has 4 heteroatoms. The summed E-state index contributed by atoms with van der Waals surface area (Å²) in [6, 6.07) is 15.8. The second-order valence-electron chi connectivity index (χ2n) is 4.73. The van der Waals surface area contributed by atoms with Crippen molar-refractivity contribution < 1.29 is 9.47 Å². The van der Waals surface area contributed by atoms with Crippen molar-refractivity contribution in [1.29, 1.82) is 5.41 Å². The molecule has 0 aromatic heterocycles. The van der Waals surface area contributed by atoms with E-state index in [0.717, 1.165) is 22.6 Å². The molecule has 1 N–H and O–H groups in total. The molecule has 0 bridgehead atoms. The van der Waals surface area contributed by atoms with Crippen molar-refractivity contribution in [2.24, 2.45) is 0 Å². The van der Waals surface area contributed by atoms with Crippen LogP contribution in [-0.4, -0.2) is 25.5 Å². The van der Waals surface area contributed by atoms with E-state index in [0.29, 0.717) is 13.1 Å². The molecule has 0 radical (unpaired) electrons. The van der Waals surface area contributed by atoms with Crippen LogP contribution < -0.4 is 9.47 Å². The minimum absolute atomic E-state index is 0.694. The molecule has 2 rings (SSSR count). The maximum Gasteiger partial charge on any atom is 0.118 e. The van der Waals surface area contributed by atoms with Gasteiger partial charge in [0.05, 0.1) is 20.6 Å².